The summed E-state index contributed by atoms with van der Waals surface area (Å²) in [6.07, 6.45) is 0. The normalized spacial score (nSPS) is 12.8. The van der Waals surface area contributed by atoms with E-state index in [0.717, 1.165) is 22.3 Å². The van der Waals surface area contributed by atoms with Gasteiger partial charge in [0.2, 0.25) is 11.9 Å². The fourth-order valence-corrected chi connectivity index (χ4v) is 1.91. The molecule has 0 radical (unpaired) electrons. The van der Waals surface area contributed by atoms with Crippen LogP contribution in [0.5, 0.6) is 11.5 Å². The first kappa shape index (κ1) is 9.34. The van der Waals surface area contributed by atoms with Crippen molar-refractivity contribution in [2.45, 2.75) is 0 Å². The Balaban J connectivity index is 1.95. The van der Waals surface area contributed by atoms with Gasteiger partial charge in [-0.3, -0.25) is 0 Å². The van der Waals surface area contributed by atoms with Gasteiger partial charge in [-0.2, -0.15) is 0 Å². The zero-order chi connectivity index (χ0) is 11.0. The molecule has 1 aromatic carbocycles. The van der Waals surface area contributed by atoms with Crippen molar-refractivity contribution in [2.24, 2.45) is 0 Å². The van der Waals surface area contributed by atoms with Gasteiger partial charge in [0.05, 0.1) is 0 Å². The van der Waals surface area contributed by atoms with Gasteiger partial charge in [0.25, 0.3) is 0 Å². The summed E-state index contributed by atoms with van der Waals surface area (Å²) in [4.78, 5) is 1.90. The molecule has 0 fully saturated rings. The van der Waals surface area contributed by atoms with Crippen LogP contribution in [0.25, 0.3) is 0 Å². The van der Waals surface area contributed by atoms with Crippen LogP contribution in [0.1, 0.15) is 0 Å². The molecule has 2 heterocycles. The van der Waals surface area contributed by atoms with Crippen molar-refractivity contribution in [3.8, 4) is 11.5 Å². The number of ether oxygens (including phenoxy) is 2. The number of benzene rings is 1. The second kappa shape index (κ2) is 3.60. The maximum atomic E-state index is 5.31. The van der Waals surface area contributed by atoms with E-state index in [0.29, 0.717) is 0 Å². The number of fused-ring (bicyclic) bond motifs is 1. The molecule has 16 heavy (non-hydrogen) atoms. The van der Waals surface area contributed by atoms with Gasteiger partial charge < -0.3 is 14.4 Å². The maximum Gasteiger partial charge on any atom is 0.232 e. The van der Waals surface area contributed by atoms with Crippen molar-refractivity contribution in [3.63, 3.8) is 0 Å². The van der Waals surface area contributed by atoms with Crippen LogP contribution in [0.4, 0.5) is 10.8 Å². The fraction of sp³-hybridized carbons (Fsp3) is 0.222. The van der Waals surface area contributed by atoms with Gasteiger partial charge in [-0.1, -0.05) is 9.59 Å². The Kier molecular flexibility index (Phi) is 2.10. The van der Waals surface area contributed by atoms with Gasteiger partial charge in [-0.15, -0.1) is 0 Å². The Labute approximate surface area is 95.6 Å². The highest BCUT2D eigenvalue weighted by Crippen LogP contribution is 2.36. The number of rotatable bonds is 2. The van der Waals surface area contributed by atoms with Crippen molar-refractivity contribution < 1.29 is 9.47 Å². The third-order valence-electron chi connectivity index (χ3n) is 2.32. The lowest BCUT2D eigenvalue weighted by Crippen LogP contribution is -2.08. The van der Waals surface area contributed by atoms with Crippen molar-refractivity contribution in [1.29, 1.82) is 0 Å². The lowest BCUT2D eigenvalue weighted by molar-refractivity contribution is 0.174. The molecule has 0 saturated carbocycles. The number of aromatic nitrogens is 3. The Morgan fingerprint density at radius 2 is 2.19 bits per heavy atom. The summed E-state index contributed by atoms with van der Waals surface area (Å²) in [6, 6.07) is 5.72. The molecule has 0 amide bonds. The molecule has 0 aliphatic carbocycles. The monoisotopic (exact) mass is 236 g/mol. The van der Waals surface area contributed by atoms with Gasteiger partial charge in [0, 0.05) is 30.3 Å². The molecule has 0 N–H and O–H groups in total. The molecule has 7 heteroatoms. The zero-order valence-corrected chi connectivity index (χ0v) is 9.27. The van der Waals surface area contributed by atoms with Crippen LogP contribution >= 0.6 is 11.5 Å². The summed E-state index contributed by atoms with van der Waals surface area (Å²) in [7, 11) is 1.90. The van der Waals surface area contributed by atoms with Crippen LogP contribution in [-0.4, -0.2) is 28.6 Å². The summed E-state index contributed by atoms with van der Waals surface area (Å²) >= 11 is 1.24. The molecule has 0 unspecified atom stereocenters. The second-order valence-electron chi connectivity index (χ2n) is 3.24. The van der Waals surface area contributed by atoms with Crippen molar-refractivity contribution >= 4 is 22.4 Å². The highest BCUT2D eigenvalue weighted by Gasteiger charge is 2.16. The lowest BCUT2D eigenvalue weighted by atomic mass is 10.2. The molecule has 0 atom stereocenters. The van der Waals surface area contributed by atoms with Crippen LogP contribution in [-0.2, 0) is 0 Å². The number of anilines is 2. The zero-order valence-electron chi connectivity index (χ0n) is 8.45. The van der Waals surface area contributed by atoms with E-state index in [-0.39, 0.29) is 6.79 Å². The van der Waals surface area contributed by atoms with Gasteiger partial charge in [0.15, 0.2) is 11.5 Å². The molecule has 1 aliphatic rings. The molecule has 1 aliphatic heterocycles. The Morgan fingerprint density at radius 1 is 1.31 bits per heavy atom. The first-order chi connectivity index (χ1) is 7.84. The van der Waals surface area contributed by atoms with Gasteiger partial charge >= 0.3 is 0 Å². The first-order valence-electron chi connectivity index (χ1n) is 4.63. The van der Waals surface area contributed by atoms with E-state index >= 15 is 0 Å². The van der Waals surface area contributed by atoms with E-state index in [2.05, 4.69) is 14.8 Å². The summed E-state index contributed by atoms with van der Waals surface area (Å²) < 4.78 is 14.3. The molecule has 2 aromatic rings. The minimum absolute atomic E-state index is 0.281. The number of hydrogen-bond acceptors (Lipinski definition) is 7. The van der Waals surface area contributed by atoms with Crippen molar-refractivity contribution in [1.82, 2.24) is 14.8 Å². The Hall–Kier alpha value is -1.89. The van der Waals surface area contributed by atoms with Crippen LogP contribution in [0.2, 0.25) is 0 Å². The molecule has 0 saturated heterocycles. The molecule has 6 nitrogen and oxygen atoms in total. The SMILES string of the molecule is CN(c1ccc2c(c1)OCO2)c1nnns1. The quantitative estimate of drug-likeness (QED) is 0.786. The number of hydrogen-bond donors (Lipinski definition) is 0. The van der Waals surface area contributed by atoms with E-state index < -0.39 is 0 Å². The van der Waals surface area contributed by atoms with E-state index in [1.807, 2.05) is 30.1 Å². The minimum atomic E-state index is 0.281. The second-order valence-corrected chi connectivity index (χ2v) is 3.95. The lowest BCUT2D eigenvalue weighted by Gasteiger charge is -2.14. The standard InChI is InChI=1S/C9H8N4O2S/c1-13(9-10-11-12-16-9)6-2-3-7-8(4-6)15-5-14-7/h2-4H,5H2,1H3. The Morgan fingerprint density at radius 3 is 3.00 bits per heavy atom. The van der Waals surface area contributed by atoms with E-state index in [1.165, 1.54) is 11.5 Å². The average molecular weight is 236 g/mol. The highest BCUT2D eigenvalue weighted by atomic mass is 32.1. The molecular formula is C9H8N4O2S. The topological polar surface area (TPSA) is 60.4 Å². The summed E-state index contributed by atoms with van der Waals surface area (Å²) in [5, 5.41) is 8.19. The molecule has 0 spiro atoms. The molecule has 0 bridgehead atoms. The van der Waals surface area contributed by atoms with Crippen LogP contribution in [0.15, 0.2) is 18.2 Å². The van der Waals surface area contributed by atoms with E-state index in [4.69, 9.17) is 9.47 Å². The largest absolute Gasteiger partial charge is 0.454 e. The maximum absolute atomic E-state index is 5.31. The van der Waals surface area contributed by atoms with Crippen LogP contribution in [0.3, 0.4) is 0 Å². The molecule has 82 valence electrons. The molecule has 3 rings (SSSR count). The molecule has 1 aromatic heterocycles. The Bertz CT molecular complexity index is 502. The fourth-order valence-electron chi connectivity index (χ4n) is 1.46. The smallest absolute Gasteiger partial charge is 0.232 e. The predicted octanol–water partition coefficient (Wildman–Crippen LogP) is 1.43. The third kappa shape index (κ3) is 1.45. The van der Waals surface area contributed by atoms with Gasteiger partial charge in [-0.25, -0.2) is 0 Å². The summed E-state index contributed by atoms with van der Waals surface area (Å²) in [5.41, 5.74) is 0.961. The van der Waals surface area contributed by atoms with E-state index in [1.54, 1.807) is 0 Å². The van der Waals surface area contributed by atoms with Crippen LogP contribution < -0.4 is 14.4 Å². The summed E-state index contributed by atoms with van der Waals surface area (Å²) in [6.45, 7) is 0.281. The first-order valence-corrected chi connectivity index (χ1v) is 5.40. The minimum Gasteiger partial charge on any atom is -0.454 e. The highest BCUT2D eigenvalue weighted by molar-refractivity contribution is 7.09. The average Bonchev–Trinajstić information content (AvgIpc) is 2.98. The predicted molar refractivity (Wildman–Crippen MR) is 58.3 cm³/mol. The molecular weight excluding hydrogens is 228 g/mol. The van der Waals surface area contributed by atoms with Gasteiger partial charge in [-0.05, 0) is 17.3 Å². The number of nitrogens with zero attached hydrogens (tertiary/aromatic N) is 4. The van der Waals surface area contributed by atoms with Gasteiger partial charge in [0.1, 0.15) is 0 Å². The van der Waals surface area contributed by atoms with Crippen LogP contribution in [0, 0.1) is 0 Å². The summed E-state index contributed by atoms with van der Waals surface area (Å²) in [5.74, 6) is 1.52. The van der Waals surface area contributed by atoms with Crippen molar-refractivity contribution in [2.75, 3.05) is 18.7 Å². The van der Waals surface area contributed by atoms with Crippen molar-refractivity contribution in [3.05, 3.63) is 18.2 Å². The van der Waals surface area contributed by atoms with E-state index in [9.17, 15) is 0 Å². The third-order valence-corrected chi connectivity index (χ3v) is 2.99.